The molecule has 0 spiro atoms. The van der Waals surface area contributed by atoms with Gasteiger partial charge in [-0.15, -0.1) is 0 Å². The highest BCUT2D eigenvalue weighted by molar-refractivity contribution is 7.89. The number of carbonyl (C=O) groups is 2. The summed E-state index contributed by atoms with van der Waals surface area (Å²) in [5, 5.41) is 2.96. The van der Waals surface area contributed by atoms with Crippen LogP contribution < -0.4 is 5.32 Å². The highest BCUT2D eigenvalue weighted by Crippen LogP contribution is 2.29. The number of hydrogen-bond acceptors (Lipinski definition) is 6. The highest BCUT2D eigenvalue weighted by atomic mass is 35.5. The Bertz CT molecular complexity index is 1150. The van der Waals surface area contributed by atoms with Crippen molar-refractivity contribution in [2.24, 2.45) is 0 Å². The van der Waals surface area contributed by atoms with Crippen molar-refractivity contribution >= 4 is 33.5 Å². The lowest BCUT2D eigenvalue weighted by Crippen LogP contribution is -2.40. The number of morpholine rings is 1. The Hall–Kier alpha value is -2.46. The molecule has 1 unspecified atom stereocenters. The summed E-state index contributed by atoms with van der Waals surface area (Å²) in [4.78, 5) is 25.0. The fraction of sp³-hybridized carbons (Fsp3) is 0.391. The summed E-state index contributed by atoms with van der Waals surface area (Å²) in [5.74, 6) is -1.29. The normalized spacial score (nSPS) is 18.9. The van der Waals surface area contributed by atoms with E-state index < -0.39 is 28.5 Å². The molecule has 1 aliphatic heterocycles. The molecule has 2 aromatic rings. The molecule has 1 aliphatic carbocycles. The van der Waals surface area contributed by atoms with Crippen LogP contribution in [-0.4, -0.2) is 57.5 Å². The van der Waals surface area contributed by atoms with Crippen molar-refractivity contribution in [2.75, 3.05) is 32.9 Å². The molecule has 1 atom stereocenters. The van der Waals surface area contributed by atoms with Gasteiger partial charge in [0.05, 0.1) is 34.7 Å². The Morgan fingerprint density at radius 1 is 1.15 bits per heavy atom. The van der Waals surface area contributed by atoms with Crippen LogP contribution in [0.3, 0.4) is 0 Å². The lowest BCUT2D eigenvalue weighted by Gasteiger charge is -2.26. The van der Waals surface area contributed by atoms with Crippen LogP contribution in [0.15, 0.2) is 47.4 Å². The van der Waals surface area contributed by atoms with E-state index in [1.54, 1.807) is 0 Å². The van der Waals surface area contributed by atoms with Crippen molar-refractivity contribution in [1.82, 2.24) is 9.62 Å². The van der Waals surface area contributed by atoms with E-state index in [9.17, 15) is 18.0 Å². The number of esters is 1. The molecular formula is C23H25ClN2O6S. The smallest absolute Gasteiger partial charge is 0.340 e. The van der Waals surface area contributed by atoms with Gasteiger partial charge in [0.25, 0.3) is 5.91 Å². The number of nitrogens with one attached hydrogen (secondary N) is 1. The van der Waals surface area contributed by atoms with Crippen LogP contribution in [0.25, 0.3) is 0 Å². The molecule has 0 saturated carbocycles. The van der Waals surface area contributed by atoms with Crippen molar-refractivity contribution < 1.29 is 27.5 Å². The largest absolute Gasteiger partial charge is 0.452 e. The van der Waals surface area contributed by atoms with Gasteiger partial charge in [-0.3, -0.25) is 4.79 Å². The zero-order chi connectivity index (χ0) is 23.4. The molecule has 1 fully saturated rings. The summed E-state index contributed by atoms with van der Waals surface area (Å²) < 4.78 is 37.4. The van der Waals surface area contributed by atoms with Gasteiger partial charge in [-0.1, -0.05) is 35.9 Å². The molecular weight excluding hydrogens is 468 g/mol. The SMILES string of the molecule is O=C(COC(=O)c1cc(S(=O)(=O)N2CCOCC2)ccc1Cl)NC1CCCc2ccccc21. The van der Waals surface area contributed by atoms with Gasteiger partial charge in [-0.25, -0.2) is 13.2 Å². The number of rotatable bonds is 6. The zero-order valence-corrected chi connectivity index (χ0v) is 19.5. The Morgan fingerprint density at radius 3 is 2.70 bits per heavy atom. The van der Waals surface area contributed by atoms with E-state index in [1.807, 2.05) is 24.3 Å². The Kier molecular flexibility index (Phi) is 7.33. The van der Waals surface area contributed by atoms with Crippen LogP contribution in [0.2, 0.25) is 5.02 Å². The van der Waals surface area contributed by atoms with Crippen molar-refractivity contribution in [3.8, 4) is 0 Å². The molecule has 2 aliphatic rings. The van der Waals surface area contributed by atoms with Gasteiger partial charge in [0.1, 0.15) is 0 Å². The maximum Gasteiger partial charge on any atom is 0.340 e. The lowest BCUT2D eigenvalue weighted by molar-refractivity contribution is -0.125. The van der Waals surface area contributed by atoms with Crippen LogP contribution in [0.1, 0.15) is 40.4 Å². The van der Waals surface area contributed by atoms with E-state index in [4.69, 9.17) is 21.1 Å². The fourth-order valence-corrected chi connectivity index (χ4v) is 5.74. The molecule has 33 heavy (non-hydrogen) atoms. The minimum Gasteiger partial charge on any atom is -0.452 e. The Balaban J connectivity index is 1.40. The third kappa shape index (κ3) is 5.38. The number of sulfonamides is 1. The first-order valence-corrected chi connectivity index (χ1v) is 12.6. The van der Waals surface area contributed by atoms with E-state index >= 15 is 0 Å². The quantitative estimate of drug-likeness (QED) is 0.622. The van der Waals surface area contributed by atoms with Crippen molar-refractivity contribution in [2.45, 2.75) is 30.2 Å². The zero-order valence-electron chi connectivity index (χ0n) is 18.0. The molecule has 1 heterocycles. The molecule has 0 bridgehead atoms. The van der Waals surface area contributed by atoms with Crippen LogP contribution >= 0.6 is 11.6 Å². The molecule has 8 nitrogen and oxygen atoms in total. The maximum absolute atomic E-state index is 12.9. The number of carbonyl (C=O) groups excluding carboxylic acids is 2. The first-order valence-electron chi connectivity index (χ1n) is 10.8. The standard InChI is InChI=1S/C23H25ClN2O6S/c24-20-9-8-17(33(29,30)26-10-12-31-13-11-26)14-19(20)23(28)32-15-22(27)25-21-7-3-5-16-4-1-2-6-18(16)21/h1-2,4,6,8-9,14,21H,3,5,7,10-13,15H2,(H,25,27). The molecule has 10 heteroatoms. The van der Waals surface area contributed by atoms with Crippen LogP contribution in [-0.2, 0) is 30.7 Å². The first kappa shape index (κ1) is 23.7. The third-order valence-electron chi connectivity index (χ3n) is 5.80. The summed E-state index contributed by atoms with van der Waals surface area (Å²) >= 11 is 6.12. The molecule has 1 N–H and O–H groups in total. The number of ether oxygens (including phenoxy) is 2. The van der Waals surface area contributed by atoms with Crippen molar-refractivity contribution in [1.29, 1.82) is 0 Å². The second-order valence-corrected chi connectivity index (χ2v) is 10.3. The van der Waals surface area contributed by atoms with Gasteiger partial charge in [0.2, 0.25) is 10.0 Å². The van der Waals surface area contributed by atoms with Gasteiger partial charge < -0.3 is 14.8 Å². The lowest BCUT2D eigenvalue weighted by atomic mass is 9.88. The van der Waals surface area contributed by atoms with E-state index in [2.05, 4.69) is 5.32 Å². The summed E-state index contributed by atoms with van der Waals surface area (Å²) in [6, 6.07) is 11.7. The average molecular weight is 493 g/mol. The van der Waals surface area contributed by atoms with Gasteiger partial charge in [-0.05, 0) is 48.6 Å². The summed E-state index contributed by atoms with van der Waals surface area (Å²) in [5.41, 5.74) is 2.17. The minimum absolute atomic E-state index is 0.0440. The Labute approximate surface area is 197 Å². The second kappa shape index (κ2) is 10.2. The van der Waals surface area contributed by atoms with Crippen LogP contribution in [0, 0.1) is 0 Å². The minimum atomic E-state index is -3.81. The predicted molar refractivity (Wildman–Crippen MR) is 122 cm³/mol. The average Bonchev–Trinajstić information content (AvgIpc) is 2.83. The fourth-order valence-electron chi connectivity index (χ4n) is 4.11. The number of nitrogens with zero attached hydrogens (tertiary/aromatic N) is 1. The third-order valence-corrected chi connectivity index (χ3v) is 8.03. The molecule has 2 aromatic carbocycles. The van der Waals surface area contributed by atoms with Crippen LogP contribution in [0.4, 0.5) is 0 Å². The topological polar surface area (TPSA) is 102 Å². The number of aryl methyl sites for hydroxylation is 1. The number of halogens is 1. The summed E-state index contributed by atoms with van der Waals surface area (Å²) in [6.45, 7) is 0.587. The first-order chi connectivity index (χ1) is 15.9. The van der Waals surface area contributed by atoms with Crippen LogP contribution in [0.5, 0.6) is 0 Å². The monoisotopic (exact) mass is 492 g/mol. The number of hydrogen-bond donors (Lipinski definition) is 1. The number of benzene rings is 2. The molecule has 1 amide bonds. The summed E-state index contributed by atoms with van der Waals surface area (Å²) in [7, 11) is -3.81. The molecule has 4 rings (SSSR count). The number of fused-ring (bicyclic) bond motifs is 1. The van der Waals surface area contributed by atoms with Gasteiger partial charge in [-0.2, -0.15) is 4.31 Å². The molecule has 1 saturated heterocycles. The van der Waals surface area contributed by atoms with Crippen molar-refractivity contribution in [3.63, 3.8) is 0 Å². The summed E-state index contributed by atoms with van der Waals surface area (Å²) in [6.07, 6.45) is 2.74. The second-order valence-electron chi connectivity index (χ2n) is 7.95. The van der Waals surface area contributed by atoms with E-state index in [0.717, 1.165) is 24.8 Å². The molecule has 0 aromatic heterocycles. The predicted octanol–water partition coefficient (Wildman–Crippen LogP) is 2.71. The van der Waals surface area contributed by atoms with E-state index in [1.165, 1.54) is 28.1 Å². The van der Waals surface area contributed by atoms with E-state index in [-0.39, 0.29) is 34.6 Å². The van der Waals surface area contributed by atoms with Crippen molar-refractivity contribution in [3.05, 3.63) is 64.2 Å². The number of amides is 1. The molecule has 0 radical (unpaired) electrons. The Morgan fingerprint density at radius 2 is 1.91 bits per heavy atom. The van der Waals surface area contributed by atoms with E-state index in [0.29, 0.717) is 13.2 Å². The van der Waals surface area contributed by atoms with Gasteiger partial charge in [0.15, 0.2) is 6.61 Å². The molecule has 176 valence electrons. The van der Waals surface area contributed by atoms with Gasteiger partial charge >= 0.3 is 5.97 Å². The van der Waals surface area contributed by atoms with Gasteiger partial charge in [0, 0.05) is 13.1 Å². The maximum atomic E-state index is 12.9. The highest BCUT2D eigenvalue weighted by Gasteiger charge is 2.28.